The van der Waals surface area contributed by atoms with Gasteiger partial charge in [-0.2, -0.15) is 0 Å². The summed E-state index contributed by atoms with van der Waals surface area (Å²) in [6, 6.07) is 6.82. The number of hydrogen-bond acceptors (Lipinski definition) is 4. The van der Waals surface area contributed by atoms with Crippen molar-refractivity contribution in [2.45, 2.75) is 25.7 Å². The molecule has 0 radical (unpaired) electrons. The quantitative estimate of drug-likeness (QED) is 0.850. The first-order valence-electron chi connectivity index (χ1n) is 6.12. The van der Waals surface area contributed by atoms with E-state index >= 15 is 0 Å². The normalized spacial score (nSPS) is 11.3. The van der Waals surface area contributed by atoms with Crippen LogP contribution in [0.5, 0.6) is 0 Å². The van der Waals surface area contributed by atoms with Crippen molar-refractivity contribution in [2.75, 3.05) is 10.5 Å². The maximum Gasteiger partial charge on any atom is 0.263 e. The van der Waals surface area contributed by atoms with Gasteiger partial charge in [0.05, 0.1) is 4.90 Å². The molecular formula is C14H17N3O2S. The predicted molar refractivity (Wildman–Crippen MR) is 80.1 cm³/mol. The van der Waals surface area contributed by atoms with Crippen LogP contribution in [-0.4, -0.2) is 13.4 Å². The minimum absolute atomic E-state index is 0.179. The van der Waals surface area contributed by atoms with Crippen LogP contribution in [-0.2, 0) is 10.0 Å². The van der Waals surface area contributed by atoms with Gasteiger partial charge in [-0.1, -0.05) is 0 Å². The topological polar surface area (TPSA) is 85.1 Å². The van der Waals surface area contributed by atoms with E-state index in [1.54, 1.807) is 44.3 Å². The van der Waals surface area contributed by atoms with Gasteiger partial charge in [-0.3, -0.25) is 4.72 Å². The van der Waals surface area contributed by atoms with E-state index in [1.165, 1.54) is 0 Å². The van der Waals surface area contributed by atoms with Crippen LogP contribution in [0.2, 0.25) is 0 Å². The lowest BCUT2D eigenvalue weighted by molar-refractivity contribution is 0.600. The highest BCUT2D eigenvalue weighted by molar-refractivity contribution is 7.92. The number of rotatable bonds is 3. The van der Waals surface area contributed by atoms with Crippen LogP contribution >= 0.6 is 0 Å². The van der Waals surface area contributed by atoms with Gasteiger partial charge < -0.3 is 5.73 Å². The van der Waals surface area contributed by atoms with E-state index in [0.717, 1.165) is 11.1 Å². The van der Waals surface area contributed by atoms with Crippen molar-refractivity contribution in [2.24, 2.45) is 0 Å². The van der Waals surface area contributed by atoms with Crippen molar-refractivity contribution in [3.05, 3.63) is 47.2 Å². The molecule has 1 aromatic carbocycles. The number of anilines is 2. The third kappa shape index (κ3) is 2.91. The van der Waals surface area contributed by atoms with Gasteiger partial charge in [-0.15, -0.1) is 0 Å². The standard InChI is InChI=1S/C14H17N3O2S/c1-9-4-5-16-14(8-9)17-20(18,19)13-7-10(2)6-12(15)11(13)3/h4-8H,15H2,1-3H3,(H,16,17). The van der Waals surface area contributed by atoms with E-state index in [4.69, 9.17) is 5.73 Å². The van der Waals surface area contributed by atoms with E-state index in [-0.39, 0.29) is 4.90 Å². The first-order chi connectivity index (χ1) is 9.29. The highest BCUT2D eigenvalue weighted by Gasteiger charge is 2.19. The Bertz CT molecular complexity index is 755. The summed E-state index contributed by atoms with van der Waals surface area (Å²) >= 11 is 0. The molecule has 0 saturated heterocycles. The maximum atomic E-state index is 12.4. The molecule has 6 heteroatoms. The molecule has 1 heterocycles. The number of aryl methyl sites for hydroxylation is 2. The molecule has 0 aliphatic heterocycles. The van der Waals surface area contributed by atoms with Crippen molar-refractivity contribution < 1.29 is 8.42 Å². The fourth-order valence-corrected chi connectivity index (χ4v) is 3.28. The van der Waals surface area contributed by atoms with E-state index in [0.29, 0.717) is 17.1 Å². The van der Waals surface area contributed by atoms with Gasteiger partial charge in [0, 0.05) is 11.9 Å². The number of benzene rings is 1. The van der Waals surface area contributed by atoms with Crippen molar-refractivity contribution >= 4 is 21.5 Å². The maximum absolute atomic E-state index is 12.4. The van der Waals surface area contributed by atoms with Gasteiger partial charge in [0.15, 0.2) is 0 Å². The van der Waals surface area contributed by atoms with E-state index in [9.17, 15) is 8.42 Å². The van der Waals surface area contributed by atoms with Gasteiger partial charge in [-0.05, 0) is 61.7 Å². The van der Waals surface area contributed by atoms with Gasteiger partial charge in [0.2, 0.25) is 0 Å². The zero-order valence-corrected chi connectivity index (χ0v) is 12.5. The van der Waals surface area contributed by atoms with Gasteiger partial charge in [0.1, 0.15) is 5.82 Å². The first kappa shape index (κ1) is 14.3. The minimum Gasteiger partial charge on any atom is -0.398 e. The Kier molecular flexibility index (Phi) is 3.67. The van der Waals surface area contributed by atoms with Crippen LogP contribution in [0.1, 0.15) is 16.7 Å². The highest BCUT2D eigenvalue weighted by atomic mass is 32.2. The molecule has 0 aliphatic carbocycles. The molecule has 20 heavy (non-hydrogen) atoms. The molecule has 0 bridgehead atoms. The summed E-state index contributed by atoms with van der Waals surface area (Å²) in [6.07, 6.45) is 1.56. The molecule has 0 aliphatic rings. The second-order valence-corrected chi connectivity index (χ2v) is 6.45. The molecule has 2 aromatic rings. The van der Waals surface area contributed by atoms with Crippen LogP contribution in [0.3, 0.4) is 0 Å². The number of nitrogens with one attached hydrogen (secondary N) is 1. The van der Waals surface area contributed by atoms with Crippen molar-refractivity contribution in [1.82, 2.24) is 4.98 Å². The van der Waals surface area contributed by atoms with Gasteiger partial charge >= 0.3 is 0 Å². The number of nitrogens with two attached hydrogens (primary N) is 1. The summed E-state index contributed by atoms with van der Waals surface area (Å²) in [4.78, 5) is 4.18. The Hall–Kier alpha value is -2.08. The molecule has 0 amide bonds. The van der Waals surface area contributed by atoms with E-state index < -0.39 is 10.0 Å². The lowest BCUT2D eigenvalue weighted by Crippen LogP contribution is -2.16. The van der Waals surface area contributed by atoms with Crippen LogP contribution in [0.25, 0.3) is 0 Å². The van der Waals surface area contributed by atoms with Crippen molar-refractivity contribution in [3.8, 4) is 0 Å². The molecule has 1 aromatic heterocycles. The fraction of sp³-hybridized carbons (Fsp3) is 0.214. The second-order valence-electron chi connectivity index (χ2n) is 4.80. The summed E-state index contributed by atoms with van der Waals surface area (Å²) in [5.74, 6) is 0.296. The van der Waals surface area contributed by atoms with Gasteiger partial charge in [-0.25, -0.2) is 13.4 Å². The molecule has 0 spiro atoms. The monoisotopic (exact) mass is 291 g/mol. The summed E-state index contributed by atoms with van der Waals surface area (Å²) in [5.41, 5.74) is 8.55. The zero-order chi connectivity index (χ0) is 14.9. The third-order valence-electron chi connectivity index (χ3n) is 2.99. The Balaban J connectivity index is 2.46. The Morgan fingerprint density at radius 1 is 1.10 bits per heavy atom. The number of sulfonamides is 1. The van der Waals surface area contributed by atoms with E-state index in [2.05, 4.69) is 9.71 Å². The smallest absolute Gasteiger partial charge is 0.263 e. The largest absolute Gasteiger partial charge is 0.398 e. The summed E-state index contributed by atoms with van der Waals surface area (Å²) in [7, 11) is -3.70. The van der Waals surface area contributed by atoms with Crippen molar-refractivity contribution in [3.63, 3.8) is 0 Å². The molecular weight excluding hydrogens is 274 g/mol. The highest BCUT2D eigenvalue weighted by Crippen LogP contribution is 2.24. The number of pyridine rings is 1. The van der Waals surface area contributed by atoms with E-state index in [1.807, 2.05) is 6.92 Å². The average molecular weight is 291 g/mol. The van der Waals surface area contributed by atoms with Gasteiger partial charge in [0.25, 0.3) is 10.0 Å². The predicted octanol–water partition coefficient (Wildman–Crippen LogP) is 2.39. The minimum atomic E-state index is -3.70. The Labute approximate surface area is 118 Å². The Morgan fingerprint density at radius 2 is 1.80 bits per heavy atom. The zero-order valence-electron chi connectivity index (χ0n) is 11.6. The molecule has 106 valence electrons. The number of nitrogen functional groups attached to an aromatic ring is 1. The van der Waals surface area contributed by atoms with Crippen LogP contribution in [0, 0.1) is 20.8 Å². The second kappa shape index (κ2) is 5.13. The third-order valence-corrected chi connectivity index (χ3v) is 4.47. The Morgan fingerprint density at radius 3 is 2.45 bits per heavy atom. The average Bonchev–Trinajstić information content (AvgIpc) is 2.33. The SMILES string of the molecule is Cc1ccnc(NS(=O)(=O)c2cc(C)cc(N)c2C)c1. The molecule has 0 saturated carbocycles. The first-order valence-corrected chi connectivity index (χ1v) is 7.60. The summed E-state index contributed by atoms with van der Waals surface area (Å²) < 4.78 is 27.3. The van der Waals surface area contributed by atoms with Crippen LogP contribution in [0.4, 0.5) is 11.5 Å². The lowest BCUT2D eigenvalue weighted by Gasteiger charge is -2.12. The number of aromatic nitrogens is 1. The van der Waals surface area contributed by atoms with Crippen LogP contribution in [0.15, 0.2) is 35.4 Å². The molecule has 0 atom stereocenters. The van der Waals surface area contributed by atoms with Crippen LogP contribution < -0.4 is 10.5 Å². The summed E-state index contributed by atoms with van der Waals surface area (Å²) in [6.45, 7) is 5.36. The molecule has 3 N–H and O–H groups in total. The molecule has 5 nitrogen and oxygen atoms in total. The number of nitrogens with zero attached hydrogens (tertiary/aromatic N) is 1. The fourth-order valence-electron chi connectivity index (χ4n) is 1.92. The summed E-state index contributed by atoms with van der Waals surface area (Å²) in [5, 5.41) is 0. The van der Waals surface area contributed by atoms with Crippen molar-refractivity contribution in [1.29, 1.82) is 0 Å². The molecule has 2 rings (SSSR count). The lowest BCUT2D eigenvalue weighted by atomic mass is 10.1. The number of hydrogen-bond donors (Lipinski definition) is 2. The molecule has 0 unspecified atom stereocenters. The molecule has 0 fully saturated rings.